The molecule has 1 atom stereocenters. The Hall–Kier alpha value is -0.260. The minimum absolute atomic E-state index is 0.0559. The van der Waals surface area contributed by atoms with Crippen LogP contribution in [0.25, 0.3) is 0 Å². The summed E-state index contributed by atoms with van der Waals surface area (Å²) in [7, 11) is 0. The molecular formula is C11H20F2N2O. The molecule has 0 unspecified atom stereocenters. The van der Waals surface area contributed by atoms with E-state index in [1.54, 1.807) is 0 Å². The summed E-state index contributed by atoms with van der Waals surface area (Å²) in [6, 6.07) is 0. The van der Waals surface area contributed by atoms with Crippen LogP contribution in [0.1, 0.15) is 6.42 Å². The van der Waals surface area contributed by atoms with Gasteiger partial charge in [0.15, 0.2) is 0 Å². The fraction of sp³-hybridized carbons (Fsp3) is 1.00. The van der Waals surface area contributed by atoms with Crippen molar-refractivity contribution in [3.8, 4) is 0 Å². The highest BCUT2D eigenvalue weighted by Crippen LogP contribution is 2.18. The molecule has 94 valence electrons. The molecule has 0 aliphatic carbocycles. The van der Waals surface area contributed by atoms with Crippen LogP contribution >= 0.6 is 0 Å². The van der Waals surface area contributed by atoms with Gasteiger partial charge in [0.1, 0.15) is 0 Å². The maximum Gasteiger partial charge on any atom is 0.251 e. The van der Waals surface area contributed by atoms with Gasteiger partial charge < -0.3 is 4.74 Å². The highest BCUT2D eigenvalue weighted by atomic mass is 19.3. The normalized spacial score (nSPS) is 29.1. The number of nitrogens with zero attached hydrogens (tertiary/aromatic N) is 2. The lowest BCUT2D eigenvalue weighted by Crippen LogP contribution is -2.40. The third-order valence-corrected chi connectivity index (χ3v) is 3.39. The quantitative estimate of drug-likeness (QED) is 0.719. The number of likely N-dealkylation sites (tertiary alicyclic amines) is 1. The number of alkyl halides is 2. The molecule has 0 amide bonds. The number of halogens is 2. The standard InChI is InChI=1S/C11H20F2N2O/c12-11(13)9-15-2-1-10(8-15)7-14-3-5-16-6-4-14/h10-11H,1-9H2/t10-/m1/s1. The van der Waals surface area contributed by atoms with Crippen molar-refractivity contribution in [1.82, 2.24) is 9.80 Å². The van der Waals surface area contributed by atoms with Gasteiger partial charge in [-0.2, -0.15) is 0 Å². The van der Waals surface area contributed by atoms with Crippen LogP contribution in [0, 0.1) is 5.92 Å². The summed E-state index contributed by atoms with van der Waals surface area (Å²) in [5.74, 6) is 0.567. The van der Waals surface area contributed by atoms with Crippen LogP contribution in [0.5, 0.6) is 0 Å². The number of rotatable bonds is 4. The first-order valence-corrected chi connectivity index (χ1v) is 6.04. The minimum Gasteiger partial charge on any atom is -0.379 e. The highest BCUT2D eigenvalue weighted by Gasteiger charge is 2.26. The van der Waals surface area contributed by atoms with E-state index in [2.05, 4.69) is 4.90 Å². The second-order valence-corrected chi connectivity index (χ2v) is 4.72. The van der Waals surface area contributed by atoms with Crippen molar-refractivity contribution < 1.29 is 13.5 Å². The van der Waals surface area contributed by atoms with E-state index >= 15 is 0 Å². The molecule has 16 heavy (non-hydrogen) atoms. The monoisotopic (exact) mass is 234 g/mol. The van der Waals surface area contributed by atoms with Crippen molar-refractivity contribution in [1.29, 1.82) is 0 Å². The maximum atomic E-state index is 12.2. The minimum atomic E-state index is -2.19. The molecule has 2 heterocycles. The van der Waals surface area contributed by atoms with Crippen molar-refractivity contribution in [3.05, 3.63) is 0 Å². The Balaban J connectivity index is 1.67. The van der Waals surface area contributed by atoms with Gasteiger partial charge >= 0.3 is 0 Å². The molecule has 0 N–H and O–H groups in total. The predicted octanol–water partition coefficient (Wildman–Crippen LogP) is 0.906. The molecule has 0 aromatic carbocycles. The van der Waals surface area contributed by atoms with Crippen molar-refractivity contribution >= 4 is 0 Å². The Labute approximate surface area is 95.3 Å². The molecule has 2 aliphatic rings. The summed E-state index contributed by atoms with van der Waals surface area (Å²) in [5.41, 5.74) is 0. The van der Waals surface area contributed by atoms with Crippen molar-refractivity contribution in [2.45, 2.75) is 12.8 Å². The van der Waals surface area contributed by atoms with E-state index in [-0.39, 0.29) is 6.54 Å². The van der Waals surface area contributed by atoms with E-state index in [0.717, 1.165) is 52.4 Å². The Morgan fingerprint density at radius 2 is 1.88 bits per heavy atom. The van der Waals surface area contributed by atoms with E-state index in [0.29, 0.717) is 5.92 Å². The van der Waals surface area contributed by atoms with Crippen molar-refractivity contribution in [3.63, 3.8) is 0 Å². The first-order chi connectivity index (χ1) is 7.74. The Morgan fingerprint density at radius 3 is 2.56 bits per heavy atom. The molecule has 0 radical (unpaired) electrons. The molecule has 0 bridgehead atoms. The Morgan fingerprint density at radius 1 is 1.12 bits per heavy atom. The predicted molar refractivity (Wildman–Crippen MR) is 57.8 cm³/mol. The van der Waals surface area contributed by atoms with Crippen LogP contribution in [0.15, 0.2) is 0 Å². The maximum absolute atomic E-state index is 12.2. The fourth-order valence-electron chi connectivity index (χ4n) is 2.57. The molecule has 2 rings (SSSR count). The summed E-state index contributed by atoms with van der Waals surface area (Å²) >= 11 is 0. The van der Waals surface area contributed by atoms with Crippen LogP contribution in [0.4, 0.5) is 8.78 Å². The Kier molecular flexibility index (Phi) is 4.49. The lowest BCUT2D eigenvalue weighted by atomic mass is 10.1. The van der Waals surface area contributed by atoms with E-state index in [1.807, 2.05) is 4.90 Å². The highest BCUT2D eigenvalue weighted by molar-refractivity contribution is 4.79. The number of hydrogen-bond acceptors (Lipinski definition) is 3. The average Bonchev–Trinajstić information content (AvgIpc) is 2.66. The first-order valence-electron chi connectivity index (χ1n) is 6.04. The van der Waals surface area contributed by atoms with E-state index < -0.39 is 6.43 Å². The SMILES string of the molecule is FC(F)CN1CC[C@H](CN2CCOCC2)C1. The van der Waals surface area contributed by atoms with Gasteiger partial charge in [0.05, 0.1) is 19.8 Å². The second kappa shape index (κ2) is 5.89. The molecule has 2 saturated heterocycles. The molecule has 0 aromatic rings. The van der Waals surface area contributed by atoms with Crippen LogP contribution in [0.3, 0.4) is 0 Å². The van der Waals surface area contributed by atoms with Crippen molar-refractivity contribution in [2.75, 3.05) is 52.5 Å². The van der Waals surface area contributed by atoms with Gasteiger partial charge in [-0.25, -0.2) is 8.78 Å². The van der Waals surface area contributed by atoms with Gasteiger partial charge in [0.25, 0.3) is 6.43 Å². The van der Waals surface area contributed by atoms with Crippen LogP contribution in [0.2, 0.25) is 0 Å². The van der Waals surface area contributed by atoms with Gasteiger partial charge in [-0.05, 0) is 18.9 Å². The van der Waals surface area contributed by atoms with Crippen molar-refractivity contribution in [2.24, 2.45) is 5.92 Å². The summed E-state index contributed by atoms with van der Waals surface area (Å²) in [5, 5.41) is 0. The topological polar surface area (TPSA) is 15.7 Å². The van der Waals surface area contributed by atoms with Crippen LogP contribution in [-0.2, 0) is 4.74 Å². The van der Waals surface area contributed by atoms with Gasteiger partial charge in [0.2, 0.25) is 0 Å². The number of ether oxygens (including phenoxy) is 1. The van der Waals surface area contributed by atoms with E-state index in [9.17, 15) is 8.78 Å². The molecule has 2 fully saturated rings. The average molecular weight is 234 g/mol. The molecule has 0 spiro atoms. The van der Waals surface area contributed by atoms with Gasteiger partial charge in [0, 0.05) is 26.2 Å². The fourth-order valence-corrected chi connectivity index (χ4v) is 2.57. The Bertz CT molecular complexity index is 210. The lowest BCUT2D eigenvalue weighted by Gasteiger charge is -2.29. The summed E-state index contributed by atoms with van der Waals surface area (Å²) in [6.07, 6.45) is -1.13. The van der Waals surface area contributed by atoms with Gasteiger partial charge in [-0.3, -0.25) is 9.80 Å². The smallest absolute Gasteiger partial charge is 0.251 e. The molecule has 0 aromatic heterocycles. The third kappa shape index (κ3) is 3.64. The second-order valence-electron chi connectivity index (χ2n) is 4.72. The van der Waals surface area contributed by atoms with Gasteiger partial charge in [-0.15, -0.1) is 0 Å². The zero-order valence-corrected chi connectivity index (χ0v) is 9.58. The van der Waals surface area contributed by atoms with Gasteiger partial charge in [-0.1, -0.05) is 0 Å². The summed E-state index contributed by atoms with van der Waals surface area (Å²) in [6.45, 7) is 6.27. The summed E-state index contributed by atoms with van der Waals surface area (Å²) < 4.78 is 29.7. The van der Waals surface area contributed by atoms with Crippen LogP contribution in [-0.4, -0.2) is 68.7 Å². The largest absolute Gasteiger partial charge is 0.379 e. The molecule has 5 heteroatoms. The number of hydrogen-bond donors (Lipinski definition) is 0. The lowest BCUT2D eigenvalue weighted by molar-refractivity contribution is 0.0305. The number of morpholine rings is 1. The summed E-state index contributed by atoms with van der Waals surface area (Å²) in [4.78, 5) is 4.27. The zero-order valence-electron chi connectivity index (χ0n) is 9.58. The zero-order chi connectivity index (χ0) is 11.4. The molecular weight excluding hydrogens is 214 g/mol. The van der Waals surface area contributed by atoms with Crippen LogP contribution < -0.4 is 0 Å². The van der Waals surface area contributed by atoms with E-state index in [4.69, 9.17) is 4.74 Å². The molecule has 3 nitrogen and oxygen atoms in total. The van der Waals surface area contributed by atoms with E-state index in [1.165, 1.54) is 0 Å². The third-order valence-electron chi connectivity index (χ3n) is 3.39. The first kappa shape index (κ1) is 12.2. The molecule has 2 aliphatic heterocycles. The molecule has 0 saturated carbocycles.